The first-order valence-corrected chi connectivity index (χ1v) is 5.46. The summed E-state index contributed by atoms with van der Waals surface area (Å²) in [5.74, 6) is 2.05. The molecule has 0 N–H and O–H groups in total. The molecule has 0 radical (unpaired) electrons. The fourth-order valence-corrected chi connectivity index (χ4v) is 2.11. The maximum atomic E-state index is 5.22. The molecule has 11 heavy (non-hydrogen) atoms. The number of allylic oxidation sites excluding steroid dienone is 1. The summed E-state index contributed by atoms with van der Waals surface area (Å²) in [6, 6.07) is 0. The number of ether oxygens (including phenoxy) is 1. The molecule has 1 rings (SSSR count). The fraction of sp³-hybridized carbons (Fsp3) is 0.778. The van der Waals surface area contributed by atoms with Crippen LogP contribution in [0.3, 0.4) is 0 Å². The average Bonchev–Trinajstić information content (AvgIpc) is 2.07. The average molecular weight is 172 g/mol. The Balaban J connectivity index is 2.30. The zero-order valence-electron chi connectivity index (χ0n) is 7.25. The van der Waals surface area contributed by atoms with E-state index in [4.69, 9.17) is 4.74 Å². The van der Waals surface area contributed by atoms with Gasteiger partial charge < -0.3 is 4.74 Å². The van der Waals surface area contributed by atoms with E-state index in [2.05, 4.69) is 18.4 Å². The molecule has 2 atom stereocenters. The Labute approximate surface area is 73.2 Å². The minimum absolute atomic E-state index is 0.383. The second-order valence-electron chi connectivity index (χ2n) is 2.95. The maximum absolute atomic E-state index is 5.22. The molecule has 0 aromatic carbocycles. The van der Waals surface area contributed by atoms with Crippen molar-refractivity contribution in [3.05, 3.63) is 12.2 Å². The van der Waals surface area contributed by atoms with Gasteiger partial charge in [-0.2, -0.15) is 11.8 Å². The third-order valence-corrected chi connectivity index (χ3v) is 2.86. The first-order valence-electron chi connectivity index (χ1n) is 4.07. The van der Waals surface area contributed by atoms with Gasteiger partial charge in [-0.15, -0.1) is 0 Å². The molecule has 0 unspecified atom stereocenters. The Kier molecular flexibility index (Phi) is 4.02. The van der Waals surface area contributed by atoms with Crippen molar-refractivity contribution in [1.29, 1.82) is 0 Å². The van der Waals surface area contributed by atoms with Gasteiger partial charge in [-0.1, -0.05) is 12.2 Å². The van der Waals surface area contributed by atoms with E-state index in [9.17, 15) is 0 Å². The van der Waals surface area contributed by atoms with E-state index >= 15 is 0 Å². The number of hydrogen-bond acceptors (Lipinski definition) is 2. The fourth-order valence-electron chi connectivity index (χ4n) is 1.40. The first-order chi connectivity index (χ1) is 5.36. The van der Waals surface area contributed by atoms with E-state index in [0.29, 0.717) is 6.10 Å². The van der Waals surface area contributed by atoms with Crippen LogP contribution in [0.4, 0.5) is 0 Å². The molecule has 0 heterocycles. The molecular formula is C9H16OS. The lowest BCUT2D eigenvalue weighted by Gasteiger charge is -2.20. The van der Waals surface area contributed by atoms with Crippen molar-refractivity contribution in [1.82, 2.24) is 0 Å². The van der Waals surface area contributed by atoms with Crippen molar-refractivity contribution < 1.29 is 4.74 Å². The minimum atomic E-state index is 0.383. The molecule has 0 spiro atoms. The van der Waals surface area contributed by atoms with E-state index in [-0.39, 0.29) is 0 Å². The summed E-state index contributed by atoms with van der Waals surface area (Å²) in [6.45, 7) is 0. The SMILES string of the molecule is CO[C@@H]1C=C[C@H](CSC)CC1. The minimum Gasteiger partial charge on any atom is -0.377 e. The molecule has 0 fully saturated rings. The largest absolute Gasteiger partial charge is 0.377 e. The number of thioether (sulfide) groups is 1. The summed E-state index contributed by atoms with van der Waals surface area (Å²) in [7, 11) is 1.78. The molecule has 0 bridgehead atoms. The Bertz CT molecular complexity index is 134. The van der Waals surface area contributed by atoms with E-state index in [1.54, 1.807) is 7.11 Å². The van der Waals surface area contributed by atoms with Crippen molar-refractivity contribution in [3.8, 4) is 0 Å². The van der Waals surface area contributed by atoms with Crippen LogP contribution >= 0.6 is 11.8 Å². The second-order valence-corrected chi connectivity index (χ2v) is 3.86. The lowest BCUT2D eigenvalue weighted by Crippen LogP contribution is -2.15. The van der Waals surface area contributed by atoms with Crippen molar-refractivity contribution in [2.45, 2.75) is 18.9 Å². The van der Waals surface area contributed by atoms with Gasteiger partial charge in [0, 0.05) is 7.11 Å². The van der Waals surface area contributed by atoms with E-state index in [1.165, 1.54) is 18.6 Å². The van der Waals surface area contributed by atoms with Crippen LogP contribution in [0, 0.1) is 5.92 Å². The van der Waals surface area contributed by atoms with Gasteiger partial charge in [0.1, 0.15) is 0 Å². The third kappa shape index (κ3) is 2.88. The molecule has 2 heteroatoms. The van der Waals surface area contributed by atoms with E-state index < -0.39 is 0 Å². The normalized spacial score (nSPS) is 30.7. The summed E-state index contributed by atoms with van der Waals surface area (Å²) < 4.78 is 5.22. The third-order valence-electron chi connectivity index (χ3n) is 2.10. The van der Waals surface area contributed by atoms with Crippen molar-refractivity contribution in [3.63, 3.8) is 0 Å². The molecule has 1 aliphatic carbocycles. The van der Waals surface area contributed by atoms with Gasteiger partial charge in [0.25, 0.3) is 0 Å². The highest BCUT2D eigenvalue weighted by Gasteiger charge is 2.13. The highest BCUT2D eigenvalue weighted by molar-refractivity contribution is 7.98. The standard InChI is InChI=1S/C9H16OS/c1-10-9-5-3-8(4-6-9)7-11-2/h3,5,8-9H,4,6-7H2,1-2H3/t8-,9+/m0/s1. The molecule has 0 aromatic rings. The van der Waals surface area contributed by atoms with Gasteiger partial charge in [-0.25, -0.2) is 0 Å². The number of hydrogen-bond donors (Lipinski definition) is 0. The van der Waals surface area contributed by atoms with Gasteiger partial charge in [-0.05, 0) is 30.8 Å². The molecule has 0 saturated carbocycles. The van der Waals surface area contributed by atoms with Gasteiger partial charge in [0.15, 0.2) is 0 Å². The predicted octanol–water partition coefficient (Wildman–Crippen LogP) is 2.33. The van der Waals surface area contributed by atoms with Crippen LogP contribution in [-0.2, 0) is 4.74 Å². The van der Waals surface area contributed by atoms with Crippen molar-refractivity contribution >= 4 is 11.8 Å². The maximum Gasteiger partial charge on any atom is 0.0752 e. The zero-order chi connectivity index (χ0) is 8.10. The highest BCUT2D eigenvalue weighted by Crippen LogP contribution is 2.21. The molecular weight excluding hydrogens is 156 g/mol. The van der Waals surface area contributed by atoms with Gasteiger partial charge in [0.05, 0.1) is 6.10 Å². The Morgan fingerprint density at radius 1 is 1.45 bits per heavy atom. The molecule has 64 valence electrons. The topological polar surface area (TPSA) is 9.23 Å². The molecule has 1 nitrogen and oxygen atoms in total. The Hall–Kier alpha value is 0.0500. The second kappa shape index (κ2) is 4.83. The van der Waals surface area contributed by atoms with Crippen LogP contribution in [0.2, 0.25) is 0 Å². The van der Waals surface area contributed by atoms with Crippen LogP contribution in [0.5, 0.6) is 0 Å². The summed E-state index contributed by atoms with van der Waals surface area (Å²) in [4.78, 5) is 0. The van der Waals surface area contributed by atoms with Crippen LogP contribution in [0.15, 0.2) is 12.2 Å². The highest BCUT2D eigenvalue weighted by atomic mass is 32.2. The summed E-state index contributed by atoms with van der Waals surface area (Å²) in [5, 5.41) is 0. The quantitative estimate of drug-likeness (QED) is 0.604. The van der Waals surface area contributed by atoms with Crippen LogP contribution in [0.1, 0.15) is 12.8 Å². The zero-order valence-corrected chi connectivity index (χ0v) is 8.06. The van der Waals surface area contributed by atoms with Crippen LogP contribution in [-0.4, -0.2) is 25.2 Å². The van der Waals surface area contributed by atoms with Gasteiger partial charge in [-0.3, -0.25) is 0 Å². The van der Waals surface area contributed by atoms with E-state index in [0.717, 1.165) is 5.92 Å². The molecule has 0 aromatic heterocycles. The molecule has 0 amide bonds. The molecule has 0 aliphatic heterocycles. The van der Waals surface area contributed by atoms with Crippen molar-refractivity contribution in [2.75, 3.05) is 19.1 Å². The van der Waals surface area contributed by atoms with Crippen LogP contribution in [0.25, 0.3) is 0 Å². The summed E-state index contributed by atoms with van der Waals surface area (Å²) in [5.41, 5.74) is 0. The Morgan fingerprint density at radius 3 is 2.73 bits per heavy atom. The van der Waals surface area contributed by atoms with Crippen molar-refractivity contribution in [2.24, 2.45) is 5.92 Å². The summed E-state index contributed by atoms with van der Waals surface area (Å²) in [6.07, 6.45) is 9.52. The lowest BCUT2D eigenvalue weighted by molar-refractivity contribution is 0.124. The van der Waals surface area contributed by atoms with Gasteiger partial charge >= 0.3 is 0 Å². The smallest absolute Gasteiger partial charge is 0.0752 e. The molecule has 0 saturated heterocycles. The number of methoxy groups -OCH3 is 1. The number of rotatable bonds is 3. The first kappa shape index (κ1) is 9.14. The lowest BCUT2D eigenvalue weighted by atomic mass is 9.96. The van der Waals surface area contributed by atoms with Gasteiger partial charge in [0.2, 0.25) is 0 Å². The van der Waals surface area contributed by atoms with E-state index in [1.807, 2.05) is 11.8 Å². The summed E-state index contributed by atoms with van der Waals surface area (Å²) >= 11 is 1.92. The monoisotopic (exact) mass is 172 g/mol. The Morgan fingerprint density at radius 2 is 2.27 bits per heavy atom. The predicted molar refractivity (Wildman–Crippen MR) is 51.0 cm³/mol. The van der Waals surface area contributed by atoms with Crippen LogP contribution < -0.4 is 0 Å². The molecule has 1 aliphatic rings.